The Morgan fingerprint density at radius 2 is 1.63 bits per heavy atom. The molecule has 7 heteroatoms. The van der Waals surface area contributed by atoms with Gasteiger partial charge in [-0.3, -0.25) is 0 Å². The lowest BCUT2D eigenvalue weighted by Gasteiger charge is -2.46. The SMILES string of the molecule is C=C(C(=O)OCC)C(CCCC)C(O)C[C@@H](C)[C@H]1CC[C@H]2/C(=C/C=C3/C[C@@H](O[Si](C)(C)C(C)(C)C)C[C@H](O[Si](C)(C)C(C)(C)C)C3=C)CCC[C@]12C. The number of allylic oxidation sites excluding steroid dienone is 3. The first-order chi connectivity index (χ1) is 23.9. The maximum absolute atomic E-state index is 12.6. The molecule has 0 bridgehead atoms. The number of esters is 1. The molecular weight excluding hydrogens is 677 g/mol. The third kappa shape index (κ3) is 10.5. The zero-order chi connectivity index (χ0) is 39.4. The Bertz CT molecular complexity index is 1310. The van der Waals surface area contributed by atoms with Gasteiger partial charge in [0.05, 0.1) is 24.9 Å². The molecule has 0 spiro atoms. The molecule has 3 aliphatic rings. The van der Waals surface area contributed by atoms with Crippen molar-refractivity contribution in [2.24, 2.45) is 29.1 Å². The van der Waals surface area contributed by atoms with Crippen molar-refractivity contribution in [2.75, 3.05) is 6.61 Å². The van der Waals surface area contributed by atoms with Gasteiger partial charge >= 0.3 is 5.97 Å². The van der Waals surface area contributed by atoms with Crippen LogP contribution < -0.4 is 0 Å². The van der Waals surface area contributed by atoms with Gasteiger partial charge in [-0.1, -0.05) is 106 Å². The van der Waals surface area contributed by atoms with Crippen molar-refractivity contribution < 1.29 is 23.5 Å². The minimum atomic E-state index is -2.03. The molecule has 3 rings (SSSR count). The van der Waals surface area contributed by atoms with Crippen molar-refractivity contribution in [3.63, 3.8) is 0 Å². The van der Waals surface area contributed by atoms with Gasteiger partial charge in [0.1, 0.15) is 0 Å². The second-order valence-electron chi connectivity index (χ2n) is 20.1. The Kier molecular flexibility index (Phi) is 15.4. The third-order valence-corrected chi connectivity index (χ3v) is 23.4. The van der Waals surface area contributed by atoms with Crippen molar-refractivity contribution in [1.29, 1.82) is 0 Å². The number of aliphatic hydroxyl groups is 1. The summed E-state index contributed by atoms with van der Waals surface area (Å²) in [5, 5.41) is 11.9. The lowest BCUT2D eigenvalue weighted by molar-refractivity contribution is -0.139. The summed E-state index contributed by atoms with van der Waals surface area (Å²) < 4.78 is 19.5. The van der Waals surface area contributed by atoms with Crippen LogP contribution in [-0.4, -0.2) is 52.6 Å². The fraction of sp³-hybridized carbons (Fsp3) is 0.800. The van der Waals surface area contributed by atoms with Crippen LogP contribution in [0.1, 0.15) is 140 Å². The maximum atomic E-state index is 12.6. The topological polar surface area (TPSA) is 65.0 Å². The van der Waals surface area contributed by atoms with Crippen LogP contribution in [0.15, 0.2) is 47.6 Å². The summed E-state index contributed by atoms with van der Waals surface area (Å²) in [6.45, 7) is 41.3. The second kappa shape index (κ2) is 17.7. The first-order valence-electron chi connectivity index (χ1n) is 20.9. The van der Waals surface area contributed by atoms with E-state index in [-0.39, 0.29) is 39.6 Å². The van der Waals surface area contributed by atoms with E-state index in [0.717, 1.165) is 44.1 Å². The first-order valence-corrected chi connectivity index (χ1v) is 26.7. The molecular formula is C45H80O5Si2. The number of carbonyl (C=O) groups excluding carboxylic acids is 1. The molecule has 0 amide bonds. The van der Waals surface area contributed by atoms with Gasteiger partial charge in [0, 0.05) is 17.9 Å². The highest BCUT2D eigenvalue weighted by molar-refractivity contribution is 6.74. The number of ether oxygens (including phenoxy) is 1. The Morgan fingerprint density at radius 3 is 2.21 bits per heavy atom. The smallest absolute Gasteiger partial charge is 0.333 e. The summed E-state index contributed by atoms with van der Waals surface area (Å²) in [5.41, 5.74) is 4.65. The van der Waals surface area contributed by atoms with Gasteiger partial charge in [-0.05, 0) is 129 Å². The second-order valence-corrected chi connectivity index (χ2v) is 29.6. The van der Waals surface area contributed by atoms with Crippen molar-refractivity contribution >= 4 is 22.6 Å². The quantitative estimate of drug-likeness (QED) is 0.102. The summed E-state index contributed by atoms with van der Waals surface area (Å²) in [6.07, 6.45) is 15.5. The maximum Gasteiger partial charge on any atom is 0.333 e. The summed E-state index contributed by atoms with van der Waals surface area (Å²) in [4.78, 5) is 12.6. The highest BCUT2D eigenvalue weighted by Gasteiger charge is 2.51. The van der Waals surface area contributed by atoms with Crippen LogP contribution in [0.25, 0.3) is 0 Å². The van der Waals surface area contributed by atoms with E-state index in [1.807, 2.05) is 6.92 Å². The minimum Gasteiger partial charge on any atom is -0.463 e. The van der Waals surface area contributed by atoms with Crippen LogP contribution in [-0.2, 0) is 18.4 Å². The van der Waals surface area contributed by atoms with Crippen LogP contribution in [0.4, 0.5) is 0 Å². The molecule has 0 aliphatic heterocycles. The summed E-state index contributed by atoms with van der Waals surface area (Å²) in [7, 11) is -4.00. The van der Waals surface area contributed by atoms with E-state index >= 15 is 0 Å². The monoisotopic (exact) mass is 757 g/mol. The largest absolute Gasteiger partial charge is 0.463 e. The van der Waals surface area contributed by atoms with E-state index in [1.54, 1.807) is 5.57 Å². The highest BCUT2D eigenvalue weighted by Crippen LogP contribution is 2.60. The molecule has 0 heterocycles. The average molecular weight is 757 g/mol. The molecule has 52 heavy (non-hydrogen) atoms. The normalized spacial score (nSPS) is 29.6. The standard InChI is InChI=1S/C45H80O5Si2/c1-17-19-22-37(33(5)42(47)48-18-2)40(46)28-31(3)38-25-26-39-34(21-20-27-45(38,39)12)23-24-35-29-36(49-51(13,14)43(6,7)8)30-41(32(35)4)50-52(15,16)44(9,10)11/h23-24,31,36-41,46H,4-5,17-22,25-30H2,1-3,6-16H3/b34-23+,35-24-/t31-,36-,37?,38-,39+,40?,41+,45-/m1/s1. The zero-order valence-corrected chi connectivity index (χ0v) is 38.2. The Hall–Kier alpha value is -1.26. The number of aliphatic hydroxyl groups excluding tert-OH is 1. The molecule has 5 nitrogen and oxygen atoms in total. The number of rotatable bonds is 15. The number of hydrogen-bond donors (Lipinski definition) is 1. The van der Waals surface area contributed by atoms with Crippen molar-refractivity contribution in [3.8, 4) is 0 Å². The Labute approximate surface area is 322 Å². The van der Waals surface area contributed by atoms with Gasteiger partial charge < -0.3 is 18.7 Å². The van der Waals surface area contributed by atoms with Crippen LogP contribution in [0.2, 0.25) is 36.3 Å². The van der Waals surface area contributed by atoms with Gasteiger partial charge in [-0.25, -0.2) is 4.79 Å². The summed E-state index contributed by atoms with van der Waals surface area (Å²) in [5.74, 6) is 0.804. The fourth-order valence-corrected chi connectivity index (χ4v) is 11.8. The molecule has 3 fully saturated rings. The number of hydrogen-bond acceptors (Lipinski definition) is 5. The highest BCUT2D eigenvalue weighted by atomic mass is 28.4. The molecule has 0 aromatic rings. The van der Waals surface area contributed by atoms with E-state index in [2.05, 4.69) is 107 Å². The first kappa shape index (κ1) is 45.1. The number of carbonyl (C=O) groups is 1. The molecule has 2 unspecified atom stereocenters. The van der Waals surface area contributed by atoms with Crippen molar-refractivity contribution in [2.45, 2.75) is 194 Å². The lowest BCUT2D eigenvalue weighted by Crippen LogP contribution is -2.49. The molecule has 0 radical (unpaired) electrons. The van der Waals surface area contributed by atoms with Crippen LogP contribution in [0.3, 0.4) is 0 Å². The van der Waals surface area contributed by atoms with E-state index in [9.17, 15) is 9.90 Å². The van der Waals surface area contributed by atoms with Gasteiger partial charge in [-0.15, -0.1) is 0 Å². The van der Waals surface area contributed by atoms with E-state index in [1.165, 1.54) is 31.3 Å². The molecule has 0 aromatic heterocycles. The van der Waals surface area contributed by atoms with Gasteiger partial charge in [0.25, 0.3) is 0 Å². The van der Waals surface area contributed by atoms with Gasteiger partial charge in [0.15, 0.2) is 16.6 Å². The molecule has 3 saturated carbocycles. The van der Waals surface area contributed by atoms with E-state index in [0.29, 0.717) is 36.4 Å². The molecule has 3 aliphatic carbocycles. The molecule has 298 valence electrons. The minimum absolute atomic E-state index is 0.0186. The molecule has 1 N–H and O–H groups in total. The predicted octanol–water partition coefficient (Wildman–Crippen LogP) is 12.5. The number of fused-ring (bicyclic) bond motifs is 1. The lowest BCUT2D eigenvalue weighted by atomic mass is 9.60. The van der Waals surface area contributed by atoms with Crippen molar-refractivity contribution in [3.05, 3.63) is 47.6 Å². The van der Waals surface area contributed by atoms with Gasteiger partial charge in [0.2, 0.25) is 0 Å². The average Bonchev–Trinajstić information content (AvgIpc) is 3.38. The zero-order valence-electron chi connectivity index (χ0n) is 36.2. The van der Waals surface area contributed by atoms with Crippen LogP contribution in [0.5, 0.6) is 0 Å². The molecule has 0 saturated heterocycles. The third-order valence-electron chi connectivity index (χ3n) is 14.4. The van der Waals surface area contributed by atoms with Crippen molar-refractivity contribution in [1.82, 2.24) is 0 Å². The van der Waals surface area contributed by atoms with Crippen LogP contribution in [0, 0.1) is 29.1 Å². The fourth-order valence-electron chi connectivity index (χ4n) is 9.09. The summed E-state index contributed by atoms with van der Waals surface area (Å²) in [6, 6.07) is 0. The van der Waals surface area contributed by atoms with Crippen LogP contribution >= 0.6 is 0 Å². The Morgan fingerprint density at radius 1 is 1.02 bits per heavy atom. The number of unbranched alkanes of at least 4 members (excludes halogenated alkanes) is 1. The predicted molar refractivity (Wildman–Crippen MR) is 225 cm³/mol. The van der Waals surface area contributed by atoms with E-state index in [4.69, 9.17) is 20.2 Å². The molecule has 8 atom stereocenters. The Balaban J connectivity index is 1.87. The van der Waals surface area contributed by atoms with Gasteiger partial charge in [-0.2, -0.15) is 0 Å². The molecule has 0 aromatic carbocycles. The summed E-state index contributed by atoms with van der Waals surface area (Å²) >= 11 is 0. The van der Waals surface area contributed by atoms with E-state index < -0.39 is 22.7 Å².